The molecular formula is C17H20N4O3. The summed E-state index contributed by atoms with van der Waals surface area (Å²) in [5.74, 6) is 1.28. The highest BCUT2D eigenvalue weighted by atomic mass is 16.5. The Morgan fingerprint density at radius 2 is 2.12 bits per heavy atom. The molecule has 0 bridgehead atoms. The molecule has 1 atom stereocenters. The molecule has 0 saturated carbocycles. The number of carbonyl (C=O) groups is 1. The fourth-order valence-electron chi connectivity index (χ4n) is 2.42. The Bertz CT molecular complexity index is 864. The number of benzene rings is 1. The van der Waals surface area contributed by atoms with E-state index < -0.39 is 6.10 Å². The molecule has 1 unspecified atom stereocenters. The summed E-state index contributed by atoms with van der Waals surface area (Å²) in [6.07, 6.45) is 0.0626. The van der Waals surface area contributed by atoms with Crippen molar-refractivity contribution in [2.45, 2.75) is 33.3 Å². The van der Waals surface area contributed by atoms with E-state index in [2.05, 4.69) is 34.3 Å². The lowest BCUT2D eigenvalue weighted by Crippen LogP contribution is -2.12. The van der Waals surface area contributed by atoms with Crippen molar-refractivity contribution in [2.75, 3.05) is 5.32 Å². The van der Waals surface area contributed by atoms with Crippen LogP contribution in [0.25, 0.3) is 11.0 Å². The molecule has 7 nitrogen and oxygen atoms in total. The molecule has 3 rings (SSSR count). The number of nitrogens with one attached hydrogen (secondary N) is 2. The molecule has 7 heteroatoms. The summed E-state index contributed by atoms with van der Waals surface area (Å²) >= 11 is 0. The van der Waals surface area contributed by atoms with Gasteiger partial charge in [-0.1, -0.05) is 19.0 Å². The first-order chi connectivity index (χ1) is 11.4. The van der Waals surface area contributed by atoms with Gasteiger partial charge in [0.2, 0.25) is 0 Å². The standard InChI is InChI=1S/C17H20N4O3/c1-9(2)6-12-8-15(21-24-12)17(23)18-11-4-5-13-14(7-11)20-16(19-13)10(3)22/h4-5,7-10,22H,6H2,1-3H3,(H,18,23)(H,19,20). The van der Waals surface area contributed by atoms with E-state index in [1.54, 1.807) is 31.2 Å². The average molecular weight is 328 g/mol. The minimum absolute atomic E-state index is 0.250. The molecule has 1 amide bonds. The van der Waals surface area contributed by atoms with Gasteiger partial charge in [-0.25, -0.2) is 4.98 Å². The van der Waals surface area contributed by atoms with E-state index in [-0.39, 0.29) is 11.6 Å². The SMILES string of the molecule is CC(C)Cc1cc(C(=O)Nc2ccc3nc(C(C)O)[nH]c3c2)no1. The van der Waals surface area contributed by atoms with Gasteiger partial charge in [-0.05, 0) is 31.0 Å². The first kappa shape index (κ1) is 16.2. The normalized spacial score (nSPS) is 12.7. The molecule has 0 saturated heterocycles. The molecule has 2 aromatic heterocycles. The van der Waals surface area contributed by atoms with Gasteiger partial charge in [0.25, 0.3) is 5.91 Å². The first-order valence-electron chi connectivity index (χ1n) is 7.87. The van der Waals surface area contributed by atoms with Crippen LogP contribution in [0.1, 0.15) is 48.9 Å². The second-order valence-electron chi connectivity index (χ2n) is 6.26. The molecule has 0 spiro atoms. The number of hydrogen-bond donors (Lipinski definition) is 3. The summed E-state index contributed by atoms with van der Waals surface area (Å²) in [4.78, 5) is 19.6. The first-order valence-corrected chi connectivity index (χ1v) is 7.87. The number of hydrogen-bond acceptors (Lipinski definition) is 5. The van der Waals surface area contributed by atoms with Crippen molar-refractivity contribution in [3.05, 3.63) is 41.5 Å². The number of anilines is 1. The number of carbonyl (C=O) groups excluding carboxylic acids is 1. The zero-order chi connectivity index (χ0) is 17.3. The molecule has 126 valence electrons. The van der Waals surface area contributed by atoms with Crippen molar-refractivity contribution in [1.82, 2.24) is 15.1 Å². The number of aromatic amines is 1. The van der Waals surface area contributed by atoms with Crippen molar-refractivity contribution in [2.24, 2.45) is 5.92 Å². The van der Waals surface area contributed by atoms with Crippen LogP contribution in [0, 0.1) is 5.92 Å². The third-order valence-corrected chi connectivity index (χ3v) is 3.55. The maximum absolute atomic E-state index is 12.3. The van der Waals surface area contributed by atoms with Crippen LogP contribution < -0.4 is 5.32 Å². The highest BCUT2D eigenvalue weighted by Gasteiger charge is 2.14. The lowest BCUT2D eigenvalue weighted by molar-refractivity contribution is 0.101. The molecule has 0 fully saturated rings. The summed E-state index contributed by atoms with van der Waals surface area (Å²) in [7, 11) is 0. The van der Waals surface area contributed by atoms with Gasteiger partial charge < -0.3 is 19.9 Å². The van der Waals surface area contributed by atoms with Gasteiger partial charge in [0, 0.05) is 18.2 Å². The lowest BCUT2D eigenvalue weighted by atomic mass is 10.1. The Morgan fingerprint density at radius 1 is 1.33 bits per heavy atom. The molecule has 3 aromatic rings. The maximum Gasteiger partial charge on any atom is 0.277 e. The molecule has 0 aliphatic heterocycles. The minimum atomic E-state index is -0.676. The molecular weight excluding hydrogens is 308 g/mol. The van der Waals surface area contributed by atoms with E-state index in [0.29, 0.717) is 23.2 Å². The van der Waals surface area contributed by atoms with E-state index >= 15 is 0 Å². The monoisotopic (exact) mass is 328 g/mol. The van der Waals surface area contributed by atoms with E-state index in [0.717, 1.165) is 17.5 Å². The summed E-state index contributed by atoms with van der Waals surface area (Å²) in [6, 6.07) is 6.96. The fraction of sp³-hybridized carbons (Fsp3) is 0.353. The Morgan fingerprint density at radius 3 is 2.83 bits per heavy atom. The number of fused-ring (bicyclic) bond motifs is 1. The van der Waals surface area contributed by atoms with Crippen LogP contribution in [0.5, 0.6) is 0 Å². The Hall–Kier alpha value is -2.67. The molecule has 0 radical (unpaired) electrons. The quantitative estimate of drug-likeness (QED) is 0.668. The summed E-state index contributed by atoms with van der Waals surface area (Å²) in [5.41, 5.74) is 2.33. The summed E-state index contributed by atoms with van der Waals surface area (Å²) in [6.45, 7) is 5.78. The van der Waals surface area contributed by atoms with E-state index in [9.17, 15) is 9.90 Å². The topological polar surface area (TPSA) is 104 Å². The van der Waals surface area contributed by atoms with Crippen molar-refractivity contribution >= 4 is 22.6 Å². The van der Waals surface area contributed by atoms with Crippen LogP contribution in [-0.4, -0.2) is 26.1 Å². The van der Waals surface area contributed by atoms with Crippen LogP contribution in [0.3, 0.4) is 0 Å². The predicted octanol–water partition coefficient (Wildman–Crippen LogP) is 3.06. The van der Waals surface area contributed by atoms with Crippen LogP contribution in [0.15, 0.2) is 28.8 Å². The summed E-state index contributed by atoms with van der Waals surface area (Å²) < 4.78 is 5.18. The molecule has 0 aliphatic carbocycles. The van der Waals surface area contributed by atoms with Crippen LogP contribution >= 0.6 is 0 Å². The van der Waals surface area contributed by atoms with Crippen molar-refractivity contribution in [1.29, 1.82) is 0 Å². The van der Waals surface area contributed by atoms with Crippen molar-refractivity contribution in [3.8, 4) is 0 Å². The largest absolute Gasteiger partial charge is 0.385 e. The Kier molecular flexibility index (Phi) is 4.35. The van der Waals surface area contributed by atoms with Gasteiger partial charge in [-0.15, -0.1) is 0 Å². The number of aliphatic hydroxyl groups excluding tert-OH is 1. The van der Waals surface area contributed by atoms with Gasteiger partial charge in [-0.2, -0.15) is 0 Å². The van der Waals surface area contributed by atoms with E-state index in [1.165, 1.54) is 0 Å². The molecule has 1 aromatic carbocycles. The highest BCUT2D eigenvalue weighted by molar-refractivity contribution is 6.03. The minimum Gasteiger partial charge on any atom is -0.385 e. The van der Waals surface area contributed by atoms with Gasteiger partial charge in [0.05, 0.1) is 11.0 Å². The highest BCUT2D eigenvalue weighted by Crippen LogP contribution is 2.20. The number of nitrogens with zero attached hydrogens (tertiary/aromatic N) is 2. The summed E-state index contributed by atoms with van der Waals surface area (Å²) in [5, 5.41) is 16.2. The molecule has 2 heterocycles. The van der Waals surface area contributed by atoms with Gasteiger partial charge in [0.1, 0.15) is 17.7 Å². The second-order valence-corrected chi connectivity index (χ2v) is 6.26. The van der Waals surface area contributed by atoms with Crippen LogP contribution in [-0.2, 0) is 6.42 Å². The predicted molar refractivity (Wildman–Crippen MR) is 89.7 cm³/mol. The zero-order valence-corrected chi connectivity index (χ0v) is 13.8. The molecule has 3 N–H and O–H groups in total. The number of aliphatic hydroxyl groups is 1. The smallest absolute Gasteiger partial charge is 0.277 e. The Labute approximate surface area is 139 Å². The van der Waals surface area contributed by atoms with Crippen LogP contribution in [0.4, 0.5) is 5.69 Å². The lowest BCUT2D eigenvalue weighted by Gasteiger charge is -2.02. The third-order valence-electron chi connectivity index (χ3n) is 3.55. The van der Waals surface area contributed by atoms with E-state index in [1.807, 2.05) is 0 Å². The number of amides is 1. The van der Waals surface area contributed by atoms with Gasteiger partial charge in [0.15, 0.2) is 5.69 Å². The van der Waals surface area contributed by atoms with Gasteiger partial charge in [-0.3, -0.25) is 4.79 Å². The number of imidazole rings is 1. The zero-order valence-electron chi connectivity index (χ0n) is 13.8. The van der Waals surface area contributed by atoms with Crippen molar-refractivity contribution < 1.29 is 14.4 Å². The number of aromatic nitrogens is 3. The Balaban J connectivity index is 1.76. The average Bonchev–Trinajstić information content (AvgIpc) is 3.12. The number of H-pyrrole nitrogens is 1. The van der Waals surface area contributed by atoms with Gasteiger partial charge >= 0.3 is 0 Å². The number of rotatable bonds is 5. The second kappa shape index (κ2) is 6.45. The molecule has 24 heavy (non-hydrogen) atoms. The van der Waals surface area contributed by atoms with Crippen LogP contribution in [0.2, 0.25) is 0 Å². The maximum atomic E-state index is 12.3. The van der Waals surface area contributed by atoms with E-state index in [4.69, 9.17) is 4.52 Å². The van der Waals surface area contributed by atoms with Crippen molar-refractivity contribution in [3.63, 3.8) is 0 Å². The fourth-order valence-corrected chi connectivity index (χ4v) is 2.42. The third kappa shape index (κ3) is 3.46. The molecule has 0 aliphatic rings.